The van der Waals surface area contributed by atoms with Crippen LogP contribution < -0.4 is 0 Å². The van der Waals surface area contributed by atoms with E-state index in [1.54, 1.807) is 4.68 Å². The molecule has 0 saturated carbocycles. The van der Waals surface area contributed by atoms with Crippen LogP contribution in [0.1, 0.15) is 34.9 Å². The van der Waals surface area contributed by atoms with Crippen molar-refractivity contribution in [2.75, 3.05) is 6.54 Å². The number of carbonyl (C=O) groups is 1. The van der Waals surface area contributed by atoms with Crippen molar-refractivity contribution in [3.05, 3.63) is 47.9 Å². The largest absolute Gasteiger partial charge is 0.330 e. The number of likely N-dealkylation sites (tertiary alicyclic amines) is 1. The third-order valence-electron chi connectivity index (χ3n) is 4.30. The van der Waals surface area contributed by atoms with E-state index in [1.807, 2.05) is 48.6 Å². The summed E-state index contributed by atoms with van der Waals surface area (Å²) in [6.45, 7) is 0.763. The van der Waals surface area contributed by atoms with E-state index in [-0.39, 0.29) is 11.9 Å². The molecule has 1 amide bonds. The van der Waals surface area contributed by atoms with Crippen LogP contribution >= 0.6 is 0 Å². The van der Waals surface area contributed by atoms with Crippen LogP contribution in [0.3, 0.4) is 0 Å². The van der Waals surface area contributed by atoms with Gasteiger partial charge < -0.3 is 4.90 Å². The SMILES string of the molecule is Cn1cc(C2CCCN2C(=O)c2n[nH]c3ccccc23)cn1. The Bertz CT molecular complexity index is 834. The van der Waals surface area contributed by atoms with Gasteiger partial charge >= 0.3 is 0 Å². The van der Waals surface area contributed by atoms with Crippen LogP contribution in [0.4, 0.5) is 0 Å². The molecule has 1 atom stereocenters. The van der Waals surface area contributed by atoms with Crippen LogP contribution in [0.25, 0.3) is 10.9 Å². The van der Waals surface area contributed by atoms with Crippen molar-refractivity contribution in [2.45, 2.75) is 18.9 Å². The summed E-state index contributed by atoms with van der Waals surface area (Å²) >= 11 is 0. The van der Waals surface area contributed by atoms with Crippen LogP contribution in [0.5, 0.6) is 0 Å². The molecule has 1 unspecified atom stereocenters. The maximum Gasteiger partial charge on any atom is 0.275 e. The zero-order valence-electron chi connectivity index (χ0n) is 12.4. The van der Waals surface area contributed by atoms with Crippen LogP contribution in [0.15, 0.2) is 36.7 Å². The summed E-state index contributed by atoms with van der Waals surface area (Å²) in [6.07, 6.45) is 5.81. The number of hydrogen-bond donors (Lipinski definition) is 1. The fourth-order valence-electron chi connectivity index (χ4n) is 3.23. The number of para-hydroxylation sites is 1. The number of hydrogen-bond acceptors (Lipinski definition) is 3. The first-order valence-corrected chi connectivity index (χ1v) is 7.46. The Morgan fingerprint density at radius 1 is 1.36 bits per heavy atom. The van der Waals surface area contributed by atoms with Gasteiger partial charge in [0.05, 0.1) is 17.8 Å². The second-order valence-corrected chi connectivity index (χ2v) is 5.72. The molecule has 1 aromatic carbocycles. The third kappa shape index (κ3) is 1.99. The third-order valence-corrected chi connectivity index (χ3v) is 4.30. The number of H-pyrrole nitrogens is 1. The van der Waals surface area contributed by atoms with E-state index in [2.05, 4.69) is 15.3 Å². The summed E-state index contributed by atoms with van der Waals surface area (Å²) in [5.41, 5.74) is 2.49. The zero-order chi connectivity index (χ0) is 15.1. The highest BCUT2D eigenvalue weighted by Crippen LogP contribution is 2.33. The van der Waals surface area contributed by atoms with Gasteiger partial charge in [-0.2, -0.15) is 10.2 Å². The van der Waals surface area contributed by atoms with E-state index >= 15 is 0 Å². The fraction of sp³-hybridized carbons (Fsp3) is 0.312. The van der Waals surface area contributed by atoms with Gasteiger partial charge in [0.2, 0.25) is 0 Å². The number of aryl methyl sites for hydroxylation is 1. The Balaban J connectivity index is 1.69. The summed E-state index contributed by atoms with van der Waals surface area (Å²) < 4.78 is 1.78. The highest BCUT2D eigenvalue weighted by Gasteiger charge is 2.33. The molecule has 1 fully saturated rings. The van der Waals surface area contributed by atoms with Gasteiger partial charge in [-0.1, -0.05) is 18.2 Å². The normalized spacial score (nSPS) is 18.2. The van der Waals surface area contributed by atoms with E-state index in [0.717, 1.165) is 35.9 Å². The standard InChI is InChI=1S/C16H17N5O/c1-20-10-11(9-17-20)14-7-4-8-21(14)16(22)15-12-5-2-3-6-13(12)18-19-15/h2-3,5-6,9-10,14H,4,7-8H2,1H3,(H,18,19). The minimum absolute atomic E-state index is 0.0104. The lowest BCUT2D eigenvalue weighted by atomic mass is 10.1. The predicted molar refractivity (Wildman–Crippen MR) is 82.3 cm³/mol. The van der Waals surface area contributed by atoms with Gasteiger partial charge in [-0.25, -0.2) is 0 Å². The number of nitrogens with zero attached hydrogens (tertiary/aromatic N) is 4. The number of amides is 1. The molecule has 0 aliphatic carbocycles. The summed E-state index contributed by atoms with van der Waals surface area (Å²) in [6, 6.07) is 7.82. The Kier molecular flexibility index (Phi) is 2.96. The molecule has 0 radical (unpaired) electrons. The van der Waals surface area contributed by atoms with Gasteiger partial charge in [0.25, 0.3) is 5.91 Å². The highest BCUT2D eigenvalue weighted by atomic mass is 16.2. The van der Waals surface area contributed by atoms with Crippen LogP contribution in [-0.4, -0.2) is 37.3 Å². The van der Waals surface area contributed by atoms with Crippen molar-refractivity contribution in [2.24, 2.45) is 7.05 Å². The van der Waals surface area contributed by atoms with Gasteiger partial charge in [-0.15, -0.1) is 0 Å². The number of nitrogens with one attached hydrogen (secondary N) is 1. The van der Waals surface area contributed by atoms with E-state index in [4.69, 9.17) is 0 Å². The monoisotopic (exact) mass is 295 g/mol. The molecule has 3 heterocycles. The van der Waals surface area contributed by atoms with Crippen molar-refractivity contribution < 1.29 is 4.79 Å². The molecular weight excluding hydrogens is 278 g/mol. The van der Waals surface area contributed by atoms with Gasteiger partial charge in [-0.05, 0) is 18.9 Å². The van der Waals surface area contributed by atoms with Gasteiger partial charge in [0.1, 0.15) is 0 Å². The zero-order valence-corrected chi connectivity index (χ0v) is 12.4. The molecule has 1 saturated heterocycles. The second-order valence-electron chi connectivity index (χ2n) is 5.72. The second kappa shape index (κ2) is 4.98. The quantitative estimate of drug-likeness (QED) is 0.788. The maximum absolute atomic E-state index is 12.9. The molecule has 2 aromatic heterocycles. The molecular formula is C16H17N5O. The first kappa shape index (κ1) is 13.1. The molecule has 1 aliphatic rings. The highest BCUT2D eigenvalue weighted by molar-refractivity contribution is 6.04. The van der Waals surface area contributed by atoms with Crippen molar-refractivity contribution in [3.63, 3.8) is 0 Å². The topological polar surface area (TPSA) is 66.8 Å². The van der Waals surface area contributed by atoms with Crippen molar-refractivity contribution in [1.82, 2.24) is 24.9 Å². The fourth-order valence-corrected chi connectivity index (χ4v) is 3.23. The number of rotatable bonds is 2. The Morgan fingerprint density at radius 2 is 2.23 bits per heavy atom. The lowest BCUT2D eigenvalue weighted by Gasteiger charge is -2.23. The van der Waals surface area contributed by atoms with E-state index in [9.17, 15) is 4.79 Å². The van der Waals surface area contributed by atoms with Crippen molar-refractivity contribution in [1.29, 1.82) is 0 Å². The lowest BCUT2D eigenvalue weighted by molar-refractivity contribution is 0.0731. The number of aromatic amines is 1. The Hall–Kier alpha value is -2.63. The van der Waals surface area contributed by atoms with Crippen LogP contribution in [0.2, 0.25) is 0 Å². The lowest BCUT2D eigenvalue weighted by Crippen LogP contribution is -2.30. The Morgan fingerprint density at radius 3 is 3.05 bits per heavy atom. The van der Waals surface area contributed by atoms with E-state index in [0.29, 0.717) is 5.69 Å². The number of aromatic nitrogens is 4. The molecule has 1 aliphatic heterocycles. The van der Waals surface area contributed by atoms with E-state index in [1.165, 1.54) is 0 Å². The number of benzene rings is 1. The molecule has 1 N–H and O–H groups in total. The summed E-state index contributed by atoms with van der Waals surface area (Å²) in [4.78, 5) is 14.8. The van der Waals surface area contributed by atoms with Crippen molar-refractivity contribution >= 4 is 16.8 Å². The average molecular weight is 295 g/mol. The molecule has 4 rings (SSSR count). The minimum atomic E-state index is -0.0104. The molecule has 22 heavy (non-hydrogen) atoms. The maximum atomic E-state index is 12.9. The number of carbonyl (C=O) groups excluding carboxylic acids is 1. The smallest absolute Gasteiger partial charge is 0.275 e. The molecule has 6 heteroatoms. The molecule has 0 spiro atoms. The number of fused-ring (bicyclic) bond motifs is 1. The Labute approximate surface area is 127 Å². The molecule has 112 valence electrons. The van der Waals surface area contributed by atoms with Crippen molar-refractivity contribution in [3.8, 4) is 0 Å². The molecule has 0 bridgehead atoms. The van der Waals surface area contributed by atoms with Gasteiger partial charge in [0.15, 0.2) is 5.69 Å². The molecule has 6 nitrogen and oxygen atoms in total. The van der Waals surface area contributed by atoms with E-state index < -0.39 is 0 Å². The summed E-state index contributed by atoms with van der Waals surface area (Å²) in [5, 5.41) is 12.3. The minimum Gasteiger partial charge on any atom is -0.330 e. The predicted octanol–water partition coefficient (Wildman–Crippen LogP) is 2.27. The summed E-state index contributed by atoms with van der Waals surface area (Å²) in [5.74, 6) is -0.0104. The van der Waals surface area contributed by atoms with Crippen LogP contribution in [0, 0.1) is 0 Å². The van der Waals surface area contributed by atoms with Crippen LogP contribution in [-0.2, 0) is 7.05 Å². The molecule has 3 aromatic rings. The summed E-state index contributed by atoms with van der Waals surface area (Å²) in [7, 11) is 1.89. The van der Waals surface area contributed by atoms with Gasteiger partial charge in [0, 0.05) is 30.7 Å². The average Bonchev–Trinajstić information content (AvgIpc) is 3.25. The first-order valence-electron chi connectivity index (χ1n) is 7.46. The van der Waals surface area contributed by atoms with Gasteiger partial charge in [-0.3, -0.25) is 14.6 Å². The first-order chi connectivity index (χ1) is 10.7.